The van der Waals surface area contributed by atoms with Crippen molar-refractivity contribution >= 4 is 11.0 Å². The van der Waals surface area contributed by atoms with Crippen LogP contribution in [-0.2, 0) is 11.8 Å². The van der Waals surface area contributed by atoms with Gasteiger partial charge < -0.3 is 19.4 Å². The number of piperidine rings is 1. The highest BCUT2D eigenvalue weighted by molar-refractivity contribution is 5.85. The number of aromatic nitrogens is 2. The summed E-state index contributed by atoms with van der Waals surface area (Å²) in [6.07, 6.45) is 5.06. The molecule has 8 heteroatoms. The predicted molar refractivity (Wildman–Crippen MR) is 142 cm³/mol. The van der Waals surface area contributed by atoms with E-state index in [9.17, 15) is 5.26 Å². The van der Waals surface area contributed by atoms with Crippen molar-refractivity contribution in [3.63, 3.8) is 0 Å². The number of methoxy groups -OCH3 is 2. The fourth-order valence-corrected chi connectivity index (χ4v) is 5.36. The van der Waals surface area contributed by atoms with Crippen molar-refractivity contribution in [2.75, 3.05) is 33.9 Å². The Kier molecular flexibility index (Phi) is 7.04. The molecule has 0 atom stereocenters. The SMILES string of the molecule is CCN1CCC(C#N)(c2cccc(-c3cnc4[nH]cc(Cc5c(F)c(OC)cc(OC)c5F)c4c3)c2)CC1. The Balaban J connectivity index is 1.51. The third-order valence-electron chi connectivity index (χ3n) is 7.77. The van der Waals surface area contributed by atoms with E-state index in [1.807, 2.05) is 24.3 Å². The summed E-state index contributed by atoms with van der Waals surface area (Å²) in [6, 6.07) is 13.9. The van der Waals surface area contributed by atoms with Gasteiger partial charge in [-0.1, -0.05) is 25.1 Å². The van der Waals surface area contributed by atoms with Crippen molar-refractivity contribution in [3.05, 3.63) is 77.1 Å². The van der Waals surface area contributed by atoms with Crippen LogP contribution < -0.4 is 9.47 Å². The van der Waals surface area contributed by atoms with Gasteiger partial charge in [0.05, 0.1) is 25.7 Å². The molecule has 0 saturated carbocycles. The molecule has 196 valence electrons. The van der Waals surface area contributed by atoms with E-state index < -0.39 is 17.0 Å². The van der Waals surface area contributed by atoms with Crippen molar-refractivity contribution in [3.8, 4) is 28.7 Å². The number of pyridine rings is 1. The summed E-state index contributed by atoms with van der Waals surface area (Å²) < 4.78 is 40.3. The highest BCUT2D eigenvalue weighted by Gasteiger charge is 2.36. The molecule has 0 amide bonds. The zero-order valence-corrected chi connectivity index (χ0v) is 21.8. The van der Waals surface area contributed by atoms with Crippen LogP contribution in [0.5, 0.6) is 11.5 Å². The number of nitrogens with zero attached hydrogens (tertiary/aromatic N) is 3. The molecule has 1 N–H and O–H groups in total. The minimum absolute atomic E-state index is 0.0120. The van der Waals surface area contributed by atoms with Crippen LogP contribution in [0.15, 0.2) is 48.8 Å². The number of nitrogens with one attached hydrogen (secondary N) is 1. The van der Waals surface area contributed by atoms with Gasteiger partial charge in [0, 0.05) is 41.4 Å². The van der Waals surface area contributed by atoms with Crippen LogP contribution in [-0.4, -0.2) is 48.7 Å². The Labute approximate surface area is 220 Å². The van der Waals surface area contributed by atoms with E-state index in [4.69, 9.17) is 9.47 Å². The van der Waals surface area contributed by atoms with Gasteiger partial charge in [-0.3, -0.25) is 0 Å². The zero-order valence-electron chi connectivity index (χ0n) is 21.8. The smallest absolute Gasteiger partial charge is 0.171 e. The van der Waals surface area contributed by atoms with Gasteiger partial charge in [-0.2, -0.15) is 5.26 Å². The van der Waals surface area contributed by atoms with E-state index in [-0.39, 0.29) is 23.5 Å². The molecule has 2 aromatic carbocycles. The molecule has 38 heavy (non-hydrogen) atoms. The van der Waals surface area contributed by atoms with Crippen LogP contribution in [0.1, 0.15) is 36.5 Å². The summed E-state index contributed by atoms with van der Waals surface area (Å²) in [5.41, 5.74) is 3.48. The lowest BCUT2D eigenvalue weighted by Crippen LogP contribution is -2.41. The lowest BCUT2D eigenvalue weighted by Gasteiger charge is -2.37. The molecule has 5 rings (SSSR count). The number of aromatic amines is 1. The van der Waals surface area contributed by atoms with E-state index in [0.717, 1.165) is 54.6 Å². The standard InChI is InChI=1S/C30H30F2N4O2/c1-4-36-10-8-30(18-33,9-11-36)22-7-5-6-19(12-22)20-13-23-21(17-35-29(23)34-16-20)14-24-27(31)25(37-2)15-26(38-3)28(24)32/h5-7,12-13,15-17H,4,8-11,14H2,1-3H3,(H,34,35). The predicted octanol–water partition coefficient (Wildman–Crippen LogP) is 5.99. The van der Waals surface area contributed by atoms with E-state index in [1.54, 1.807) is 12.4 Å². The Morgan fingerprint density at radius 1 is 1.05 bits per heavy atom. The number of hydrogen-bond acceptors (Lipinski definition) is 5. The van der Waals surface area contributed by atoms with Gasteiger partial charge in [0.2, 0.25) is 0 Å². The molecule has 0 radical (unpaired) electrons. The molecule has 0 unspecified atom stereocenters. The van der Waals surface area contributed by atoms with Crippen molar-refractivity contribution in [1.82, 2.24) is 14.9 Å². The number of likely N-dealkylation sites (tertiary alicyclic amines) is 1. The van der Waals surface area contributed by atoms with Gasteiger partial charge in [0.1, 0.15) is 5.65 Å². The number of H-pyrrole nitrogens is 1. The first kappa shape index (κ1) is 25.7. The molecule has 6 nitrogen and oxygen atoms in total. The van der Waals surface area contributed by atoms with Crippen LogP contribution >= 0.6 is 0 Å². The van der Waals surface area contributed by atoms with Gasteiger partial charge in [-0.25, -0.2) is 13.8 Å². The summed E-state index contributed by atoms with van der Waals surface area (Å²) in [7, 11) is 2.66. The van der Waals surface area contributed by atoms with Crippen molar-refractivity contribution in [2.45, 2.75) is 31.6 Å². The van der Waals surface area contributed by atoms with Gasteiger partial charge in [-0.15, -0.1) is 0 Å². The molecule has 1 aliphatic heterocycles. The Hall–Kier alpha value is -3.96. The first-order chi connectivity index (χ1) is 18.4. The van der Waals surface area contributed by atoms with Crippen LogP contribution in [0.2, 0.25) is 0 Å². The van der Waals surface area contributed by atoms with Crippen LogP contribution in [0.4, 0.5) is 8.78 Å². The minimum Gasteiger partial charge on any atom is -0.494 e. The van der Waals surface area contributed by atoms with Crippen LogP contribution in [0.3, 0.4) is 0 Å². The van der Waals surface area contributed by atoms with Gasteiger partial charge in [0.15, 0.2) is 23.1 Å². The fraction of sp³-hybridized carbons (Fsp3) is 0.333. The van der Waals surface area contributed by atoms with Gasteiger partial charge >= 0.3 is 0 Å². The van der Waals surface area contributed by atoms with Crippen molar-refractivity contribution in [2.24, 2.45) is 0 Å². The Morgan fingerprint density at radius 2 is 1.76 bits per heavy atom. The molecule has 4 aromatic rings. The monoisotopic (exact) mass is 516 g/mol. The van der Waals surface area contributed by atoms with E-state index in [0.29, 0.717) is 11.2 Å². The summed E-state index contributed by atoms with van der Waals surface area (Å²) in [4.78, 5) is 10.0. The molecule has 3 heterocycles. The fourth-order valence-electron chi connectivity index (χ4n) is 5.36. The average molecular weight is 517 g/mol. The topological polar surface area (TPSA) is 74.2 Å². The van der Waals surface area contributed by atoms with Gasteiger partial charge in [-0.05, 0) is 61.3 Å². The number of fused-ring (bicyclic) bond motifs is 1. The lowest BCUT2D eigenvalue weighted by molar-refractivity contribution is 0.194. The first-order valence-electron chi connectivity index (χ1n) is 12.7. The third kappa shape index (κ3) is 4.48. The van der Waals surface area contributed by atoms with Crippen molar-refractivity contribution < 1.29 is 18.3 Å². The number of benzene rings is 2. The largest absolute Gasteiger partial charge is 0.494 e. The second kappa shape index (κ2) is 10.4. The summed E-state index contributed by atoms with van der Waals surface area (Å²) in [5.74, 6) is -1.67. The van der Waals surface area contributed by atoms with Crippen molar-refractivity contribution in [1.29, 1.82) is 5.26 Å². The molecule has 1 fully saturated rings. The number of rotatable bonds is 7. The Bertz CT molecular complexity index is 1490. The van der Waals surface area contributed by atoms with Gasteiger partial charge in [0.25, 0.3) is 0 Å². The number of halogens is 2. The number of ether oxygens (including phenoxy) is 2. The zero-order chi connectivity index (χ0) is 26.9. The molecule has 2 aromatic heterocycles. The van der Waals surface area contributed by atoms with E-state index >= 15 is 8.78 Å². The third-order valence-corrected chi connectivity index (χ3v) is 7.77. The molecule has 0 bridgehead atoms. The normalized spacial score (nSPS) is 15.4. The number of nitriles is 1. The summed E-state index contributed by atoms with van der Waals surface area (Å²) in [5, 5.41) is 10.9. The quantitative estimate of drug-likeness (QED) is 0.327. The maximum Gasteiger partial charge on any atom is 0.171 e. The van der Waals surface area contributed by atoms with Crippen LogP contribution in [0.25, 0.3) is 22.2 Å². The summed E-state index contributed by atoms with van der Waals surface area (Å²) in [6.45, 7) is 4.93. The van der Waals surface area contributed by atoms with E-state index in [1.165, 1.54) is 20.3 Å². The molecular weight excluding hydrogens is 486 g/mol. The highest BCUT2D eigenvalue weighted by atomic mass is 19.1. The maximum atomic E-state index is 15.0. The molecule has 0 spiro atoms. The molecule has 1 saturated heterocycles. The highest BCUT2D eigenvalue weighted by Crippen LogP contribution is 2.38. The summed E-state index contributed by atoms with van der Waals surface area (Å²) >= 11 is 0. The van der Waals surface area contributed by atoms with E-state index in [2.05, 4.69) is 33.9 Å². The first-order valence-corrected chi connectivity index (χ1v) is 12.7. The molecule has 0 aliphatic carbocycles. The molecule has 1 aliphatic rings. The number of hydrogen-bond donors (Lipinski definition) is 1. The Morgan fingerprint density at radius 3 is 2.39 bits per heavy atom. The second-order valence-electron chi connectivity index (χ2n) is 9.71. The molecular formula is C30H30F2N4O2. The minimum atomic E-state index is -0.757. The van der Waals surface area contributed by atoms with Crippen LogP contribution in [0, 0.1) is 23.0 Å². The lowest BCUT2D eigenvalue weighted by atomic mass is 9.73. The average Bonchev–Trinajstić information content (AvgIpc) is 3.37. The maximum absolute atomic E-state index is 15.0. The second-order valence-corrected chi connectivity index (χ2v) is 9.71.